The van der Waals surface area contributed by atoms with E-state index in [1.54, 1.807) is 18.3 Å². The van der Waals surface area contributed by atoms with E-state index in [1.165, 1.54) is 29.8 Å². The number of anilines is 1. The lowest BCUT2D eigenvalue weighted by molar-refractivity contribution is -0.384. The van der Waals surface area contributed by atoms with Gasteiger partial charge < -0.3 is 10.1 Å². The summed E-state index contributed by atoms with van der Waals surface area (Å²) in [6.07, 6.45) is -0.770. The second-order valence-electron chi connectivity index (χ2n) is 7.07. The van der Waals surface area contributed by atoms with E-state index in [4.69, 9.17) is 4.74 Å². The van der Waals surface area contributed by atoms with Gasteiger partial charge in [-0.3, -0.25) is 14.9 Å². The molecule has 4 rings (SSSR count). The van der Waals surface area contributed by atoms with Gasteiger partial charge in [0, 0.05) is 23.4 Å². The number of nitro benzene ring substituents is 1. The smallest absolute Gasteiger partial charge is 0.269 e. The van der Waals surface area contributed by atoms with E-state index in [0.29, 0.717) is 11.4 Å². The molecule has 8 heteroatoms. The van der Waals surface area contributed by atoms with E-state index in [-0.39, 0.29) is 11.6 Å². The monoisotopic (exact) mass is 433 g/mol. The quantitative estimate of drug-likeness (QED) is 0.316. The first-order chi connectivity index (χ1) is 14.9. The number of nitro groups is 1. The first kappa shape index (κ1) is 20.5. The van der Waals surface area contributed by atoms with Crippen LogP contribution in [0.5, 0.6) is 5.75 Å². The van der Waals surface area contributed by atoms with Crippen molar-refractivity contribution in [1.29, 1.82) is 0 Å². The number of carbonyl (C=O) groups is 1. The van der Waals surface area contributed by atoms with Crippen molar-refractivity contribution >= 4 is 38.8 Å². The molecule has 0 fully saturated rings. The van der Waals surface area contributed by atoms with Crippen LogP contribution in [0.1, 0.15) is 12.5 Å². The van der Waals surface area contributed by atoms with Gasteiger partial charge in [-0.25, -0.2) is 4.98 Å². The fourth-order valence-electron chi connectivity index (χ4n) is 3.00. The van der Waals surface area contributed by atoms with E-state index in [9.17, 15) is 14.9 Å². The third-order valence-electron chi connectivity index (χ3n) is 4.67. The predicted octanol–water partition coefficient (Wildman–Crippen LogP) is 5.59. The molecule has 156 valence electrons. The number of hydrogen-bond donors (Lipinski definition) is 1. The fraction of sp³-hybridized carbons (Fsp3) is 0.130. The van der Waals surface area contributed by atoms with Gasteiger partial charge in [-0.1, -0.05) is 6.07 Å². The summed E-state index contributed by atoms with van der Waals surface area (Å²) in [4.78, 5) is 27.3. The molecule has 31 heavy (non-hydrogen) atoms. The highest BCUT2D eigenvalue weighted by Gasteiger charge is 2.16. The lowest BCUT2D eigenvalue weighted by Crippen LogP contribution is -2.30. The van der Waals surface area contributed by atoms with Crippen LogP contribution >= 0.6 is 11.3 Å². The number of nitrogens with one attached hydrogen (secondary N) is 1. The number of ether oxygens (including phenoxy) is 1. The second-order valence-corrected chi connectivity index (χ2v) is 8.10. The SMILES string of the molecule is Cc1ccc2nc(-c3ccc(NC(=O)C(C)Oc4ccc([N+](=O)[O-])cc4)cc3)sc2c1. The highest BCUT2D eigenvalue weighted by Crippen LogP contribution is 2.31. The number of rotatable bonds is 6. The minimum Gasteiger partial charge on any atom is -0.481 e. The molecule has 0 bridgehead atoms. The number of aromatic nitrogens is 1. The van der Waals surface area contributed by atoms with Gasteiger partial charge in [0.05, 0.1) is 15.1 Å². The lowest BCUT2D eigenvalue weighted by Gasteiger charge is -2.14. The van der Waals surface area contributed by atoms with Gasteiger partial charge in [0.25, 0.3) is 11.6 Å². The number of hydrogen-bond acceptors (Lipinski definition) is 6. The van der Waals surface area contributed by atoms with Crippen molar-refractivity contribution in [3.8, 4) is 16.3 Å². The molecule has 0 aliphatic rings. The van der Waals surface area contributed by atoms with Crippen LogP contribution in [0.3, 0.4) is 0 Å². The first-order valence-corrected chi connectivity index (χ1v) is 10.4. The van der Waals surface area contributed by atoms with E-state index >= 15 is 0 Å². The van der Waals surface area contributed by atoms with Crippen molar-refractivity contribution in [2.45, 2.75) is 20.0 Å². The van der Waals surface area contributed by atoms with Gasteiger partial charge in [-0.15, -0.1) is 11.3 Å². The Labute approximate surface area is 182 Å². The predicted molar refractivity (Wildman–Crippen MR) is 122 cm³/mol. The molecule has 0 saturated carbocycles. The summed E-state index contributed by atoms with van der Waals surface area (Å²) in [6.45, 7) is 3.68. The number of fused-ring (bicyclic) bond motifs is 1. The van der Waals surface area contributed by atoms with E-state index < -0.39 is 11.0 Å². The average Bonchev–Trinajstić information content (AvgIpc) is 3.17. The van der Waals surface area contributed by atoms with Gasteiger partial charge in [0.2, 0.25) is 0 Å². The van der Waals surface area contributed by atoms with Crippen LogP contribution in [0, 0.1) is 17.0 Å². The number of nitrogens with zero attached hydrogens (tertiary/aromatic N) is 2. The Morgan fingerprint density at radius 1 is 1.10 bits per heavy atom. The highest BCUT2D eigenvalue weighted by atomic mass is 32.1. The van der Waals surface area contributed by atoms with Gasteiger partial charge in [-0.2, -0.15) is 0 Å². The molecule has 4 aromatic rings. The number of non-ortho nitro benzene ring substituents is 1. The maximum Gasteiger partial charge on any atom is 0.269 e. The molecule has 0 spiro atoms. The minimum atomic E-state index is -0.770. The van der Waals surface area contributed by atoms with Crippen molar-refractivity contribution in [2.75, 3.05) is 5.32 Å². The first-order valence-electron chi connectivity index (χ1n) is 9.58. The van der Waals surface area contributed by atoms with Gasteiger partial charge in [0.1, 0.15) is 10.8 Å². The number of aryl methyl sites for hydroxylation is 1. The summed E-state index contributed by atoms with van der Waals surface area (Å²) in [5.74, 6) is 0.0660. The Morgan fingerprint density at radius 2 is 1.81 bits per heavy atom. The lowest BCUT2D eigenvalue weighted by atomic mass is 10.2. The van der Waals surface area contributed by atoms with Crippen LogP contribution in [-0.2, 0) is 4.79 Å². The Kier molecular flexibility index (Phi) is 5.64. The van der Waals surface area contributed by atoms with Crippen LogP contribution in [0.15, 0.2) is 66.7 Å². The number of thiazole rings is 1. The summed E-state index contributed by atoms with van der Waals surface area (Å²) >= 11 is 1.63. The van der Waals surface area contributed by atoms with Crippen molar-refractivity contribution in [1.82, 2.24) is 4.98 Å². The van der Waals surface area contributed by atoms with Gasteiger partial charge >= 0.3 is 0 Å². The standard InChI is InChI=1S/C23H19N3O4S/c1-14-3-12-20-21(13-14)31-23(25-20)16-4-6-17(7-5-16)24-22(27)15(2)30-19-10-8-18(9-11-19)26(28)29/h3-13,15H,1-2H3,(H,24,27). The maximum absolute atomic E-state index is 12.4. The largest absolute Gasteiger partial charge is 0.481 e. The zero-order valence-corrected chi connectivity index (χ0v) is 17.7. The van der Waals surface area contributed by atoms with Crippen LogP contribution in [-0.4, -0.2) is 21.9 Å². The Hall–Kier alpha value is -3.78. The average molecular weight is 433 g/mol. The molecular formula is C23H19N3O4S. The van der Waals surface area contributed by atoms with Crippen LogP contribution in [0.25, 0.3) is 20.8 Å². The summed E-state index contributed by atoms with van der Waals surface area (Å²) in [5, 5.41) is 14.5. The molecule has 0 radical (unpaired) electrons. The molecule has 3 aromatic carbocycles. The molecule has 1 unspecified atom stereocenters. The van der Waals surface area contributed by atoms with E-state index in [0.717, 1.165) is 20.8 Å². The molecular weight excluding hydrogens is 414 g/mol. The number of carbonyl (C=O) groups excluding carboxylic acids is 1. The minimum absolute atomic E-state index is 0.0344. The molecule has 0 saturated heterocycles. The summed E-state index contributed by atoms with van der Waals surface area (Å²) in [5.41, 5.74) is 3.76. The molecule has 1 heterocycles. The fourth-order valence-corrected chi connectivity index (χ4v) is 4.07. The molecule has 7 nitrogen and oxygen atoms in total. The van der Waals surface area contributed by atoms with Crippen molar-refractivity contribution in [3.63, 3.8) is 0 Å². The Morgan fingerprint density at radius 3 is 2.48 bits per heavy atom. The molecule has 1 aromatic heterocycles. The summed E-state index contributed by atoms with van der Waals surface area (Å²) in [6, 6.07) is 19.3. The van der Waals surface area contributed by atoms with Crippen LogP contribution in [0.4, 0.5) is 11.4 Å². The van der Waals surface area contributed by atoms with Gasteiger partial charge in [0.15, 0.2) is 6.10 Å². The van der Waals surface area contributed by atoms with Crippen molar-refractivity contribution in [2.24, 2.45) is 0 Å². The van der Waals surface area contributed by atoms with E-state index in [2.05, 4.69) is 23.3 Å². The molecule has 0 aliphatic heterocycles. The third kappa shape index (κ3) is 4.70. The zero-order valence-electron chi connectivity index (χ0n) is 16.9. The molecule has 1 N–H and O–H groups in total. The maximum atomic E-state index is 12.4. The second kappa shape index (κ2) is 8.53. The summed E-state index contributed by atoms with van der Waals surface area (Å²) in [7, 11) is 0. The zero-order chi connectivity index (χ0) is 22.0. The van der Waals surface area contributed by atoms with Crippen LogP contribution < -0.4 is 10.1 Å². The van der Waals surface area contributed by atoms with Gasteiger partial charge in [-0.05, 0) is 67.9 Å². The van der Waals surface area contributed by atoms with Crippen molar-refractivity contribution in [3.05, 3.63) is 82.4 Å². The molecule has 1 atom stereocenters. The molecule has 0 aliphatic carbocycles. The number of benzene rings is 3. The molecule has 1 amide bonds. The topological polar surface area (TPSA) is 94.4 Å². The Balaban J connectivity index is 1.40. The normalized spacial score (nSPS) is 11.8. The number of amides is 1. The summed E-state index contributed by atoms with van der Waals surface area (Å²) < 4.78 is 6.72. The van der Waals surface area contributed by atoms with Crippen molar-refractivity contribution < 1.29 is 14.5 Å². The highest BCUT2D eigenvalue weighted by molar-refractivity contribution is 7.21. The Bertz CT molecular complexity index is 1250. The van der Waals surface area contributed by atoms with E-state index in [1.807, 2.05) is 36.4 Å². The third-order valence-corrected chi connectivity index (χ3v) is 5.74. The van der Waals surface area contributed by atoms with Crippen LogP contribution in [0.2, 0.25) is 0 Å².